The minimum Gasteiger partial charge on any atom is -0.465 e. The van der Waals surface area contributed by atoms with Crippen molar-refractivity contribution in [2.45, 2.75) is 104 Å². The summed E-state index contributed by atoms with van der Waals surface area (Å²) >= 11 is 0. The molecule has 0 aliphatic heterocycles. The van der Waals surface area contributed by atoms with Gasteiger partial charge in [-0.2, -0.15) is 0 Å². The molecule has 0 aromatic carbocycles. The van der Waals surface area contributed by atoms with Gasteiger partial charge < -0.3 is 20.8 Å². The van der Waals surface area contributed by atoms with Crippen LogP contribution in [0, 0.1) is 11.8 Å². The highest BCUT2D eigenvalue weighted by atomic mass is 16.4. The van der Waals surface area contributed by atoms with Crippen LogP contribution < -0.4 is 21.3 Å². The van der Waals surface area contributed by atoms with E-state index in [4.69, 9.17) is 10.2 Å². The number of imide groups is 2. The Balaban J connectivity index is 3.68. The lowest BCUT2D eigenvalue weighted by molar-refractivity contribution is -0.124. The number of rotatable bonds is 19. The zero-order valence-electron chi connectivity index (χ0n) is 21.3. The fourth-order valence-corrected chi connectivity index (χ4v) is 3.81. The third-order valence-electron chi connectivity index (χ3n) is 5.69. The molecular formula is C24H46N4O6. The minimum absolute atomic E-state index is 0.0169. The minimum atomic E-state index is -1.32. The lowest BCUT2D eigenvalue weighted by Crippen LogP contribution is -2.49. The van der Waals surface area contributed by atoms with E-state index in [9.17, 15) is 19.2 Å². The molecule has 0 heterocycles. The van der Waals surface area contributed by atoms with Crippen LogP contribution in [0.5, 0.6) is 0 Å². The second-order valence-electron chi connectivity index (χ2n) is 9.48. The van der Waals surface area contributed by atoms with Gasteiger partial charge in [-0.25, -0.2) is 9.59 Å². The van der Waals surface area contributed by atoms with E-state index in [0.717, 1.165) is 38.5 Å². The second kappa shape index (κ2) is 19.1. The molecule has 6 N–H and O–H groups in total. The molecule has 34 heavy (non-hydrogen) atoms. The highest BCUT2D eigenvalue weighted by Gasteiger charge is 2.23. The Kier molecular flexibility index (Phi) is 17.9. The summed E-state index contributed by atoms with van der Waals surface area (Å²) in [7, 11) is 0. The predicted molar refractivity (Wildman–Crippen MR) is 132 cm³/mol. The van der Waals surface area contributed by atoms with Gasteiger partial charge in [0.1, 0.15) is 0 Å². The van der Waals surface area contributed by atoms with E-state index in [1.54, 1.807) is 0 Å². The van der Waals surface area contributed by atoms with Crippen LogP contribution >= 0.6 is 0 Å². The van der Waals surface area contributed by atoms with Crippen LogP contribution in [-0.4, -0.2) is 59.4 Å². The van der Waals surface area contributed by atoms with Crippen LogP contribution in [0.25, 0.3) is 0 Å². The van der Waals surface area contributed by atoms with Crippen molar-refractivity contribution in [2.24, 2.45) is 11.8 Å². The van der Waals surface area contributed by atoms with Crippen molar-refractivity contribution in [3.05, 3.63) is 0 Å². The molecular weight excluding hydrogens is 440 g/mol. The highest BCUT2D eigenvalue weighted by Crippen LogP contribution is 2.11. The van der Waals surface area contributed by atoms with Crippen LogP contribution in [0.15, 0.2) is 0 Å². The maximum atomic E-state index is 11.9. The van der Waals surface area contributed by atoms with Crippen molar-refractivity contribution >= 4 is 24.0 Å². The molecule has 0 saturated heterocycles. The van der Waals surface area contributed by atoms with Gasteiger partial charge in [0, 0.05) is 0 Å². The van der Waals surface area contributed by atoms with Crippen molar-refractivity contribution in [1.82, 2.24) is 21.3 Å². The molecule has 0 rings (SSSR count). The number of unbranched alkanes of at least 4 members (excludes halogenated alkanes) is 9. The Hall–Kier alpha value is -2.20. The molecule has 0 bridgehead atoms. The molecule has 2 unspecified atom stereocenters. The molecule has 0 aliphatic carbocycles. The van der Waals surface area contributed by atoms with E-state index in [2.05, 4.69) is 10.6 Å². The van der Waals surface area contributed by atoms with E-state index >= 15 is 0 Å². The average molecular weight is 487 g/mol. The number of hydrogen-bond acceptors (Lipinski definition) is 6. The van der Waals surface area contributed by atoms with E-state index in [1.807, 2.05) is 38.3 Å². The molecule has 10 nitrogen and oxygen atoms in total. The molecule has 0 aromatic heterocycles. The number of nitrogens with one attached hydrogen (secondary N) is 4. The lowest BCUT2D eigenvalue weighted by Gasteiger charge is -2.20. The molecule has 0 aromatic rings. The van der Waals surface area contributed by atoms with Crippen molar-refractivity contribution in [2.75, 3.05) is 13.1 Å². The van der Waals surface area contributed by atoms with Crippen LogP contribution in [-0.2, 0) is 9.59 Å². The molecule has 0 spiro atoms. The number of carbonyl (C=O) groups excluding carboxylic acids is 2. The molecule has 198 valence electrons. The van der Waals surface area contributed by atoms with Gasteiger partial charge in [0.2, 0.25) is 11.8 Å². The first-order valence-electron chi connectivity index (χ1n) is 12.6. The standard InChI is InChI=1S/C24H46N4O6/c1-17(2)19(21(29)27-23(31)32)25-15-13-11-9-7-5-6-8-10-12-14-16-26-20(18(3)4)22(30)28-24(33)34/h17-20,25-26H,5-16H2,1-4H3,(H,27,29)(H,28,30)(H,31,32)(H,33,34). The van der Waals surface area contributed by atoms with Crippen molar-refractivity contribution in [3.63, 3.8) is 0 Å². The summed E-state index contributed by atoms with van der Waals surface area (Å²) in [5.41, 5.74) is 0. The molecule has 10 heteroatoms. The molecule has 0 saturated carbocycles. The SMILES string of the molecule is CC(C)C(NCCCCCCCCCCCCNC(C(=O)NC(=O)O)C(C)C)C(=O)NC(=O)O. The normalized spacial score (nSPS) is 13.0. The number of hydrogen-bond donors (Lipinski definition) is 6. The van der Waals surface area contributed by atoms with E-state index in [-0.39, 0.29) is 11.8 Å². The first kappa shape index (κ1) is 31.8. The lowest BCUT2D eigenvalue weighted by atomic mass is 10.0. The van der Waals surface area contributed by atoms with Crippen molar-refractivity contribution in [3.8, 4) is 0 Å². The quantitative estimate of drug-likeness (QED) is 0.151. The van der Waals surface area contributed by atoms with Crippen LogP contribution in [0.3, 0.4) is 0 Å². The second-order valence-corrected chi connectivity index (χ2v) is 9.48. The van der Waals surface area contributed by atoms with E-state index in [0.29, 0.717) is 13.1 Å². The van der Waals surface area contributed by atoms with Crippen LogP contribution in [0.2, 0.25) is 0 Å². The molecule has 0 radical (unpaired) electrons. The van der Waals surface area contributed by atoms with Gasteiger partial charge in [-0.15, -0.1) is 0 Å². The van der Waals surface area contributed by atoms with Gasteiger partial charge in [-0.05, 0) is 37.8 Å². The van der Waals surface area contributed by atoms with Gasteiger partial charge in [0.15, 0.2) is 0 Å². The smallest absolute Gasteiger partial charge is 0.411 e. The Morgan fingerprint density at radius 2 is 0.794 bits per heavy atom. The molecule has 0 aliphatic rings. The van der Waals surface area contributed by atoms with Gasteiger partial charge in [0.25, 0.3) is 0 Å². The largest absolute Gasteiger partial charge is 0.465 e. The first-order valence-corrected chi connectivity index (χ1v) is 12.6. The van der Waals surface area contributed by atoms with Gasteiger partial charge in [0.05, 0.1) is 12.1 Å². The highest BCUT2D eigenvalue weighted by molar-refractivity contribution is 5.94. The van der Waals surface area contributed by atoms with E-state index < -0.39 is 36.1 Å². The summed E-state index contributed by atoms with van der Waals surface area (Å²) in [5, 5.41) is 27.5. The van der Waals surface area contributed by atoms with E-state index in [1.165, 1.54) is 25.7 Å². The summed E-state index contributed by atoms with van der Waals surface area (Å²) in [6.45, 7) is 8.94. The third kappa shape index (κ3) is 16.4. The topological polar surface area (TPSA) is 157 Å². The fraction of sp³-hybridized carbons (Fsp3) is 0.833. The number of carboxylic acid groups (broad SMARTS) is 2. The monoisotopic (exact) mass is 486 g/mol. The molecule has 2 atom stereocenters. The maximum absolute atomic E-state index is 11.9. The van der Waals surface area contributed by atoms with Crippen LogP contribution in [0.4, 0.5) is 9.59 Å². The number of amides is 4. The van der Waals surface area contributed by atoms with Gasteiger partial charge in [-0.3, -0.25) is 20.2 Å². The summed E-state index contributed by atoms with van der Waals surface area (Å²) < 4.78 is 0. The third-order valence-corrected chi connectivity index (χ3v) is 5.69. The maximum Gasteiger partial charge on any atom is 0.411 e. The molecule has 4 amide bonds. The summed E-state index contributed by atoms with van der Waals surface area (Å²) in [4.78, 5) is 45.0. The number of carbonyl (C=O) groups is 4. The Labute approximate surface area is 204 Å². The molecule has 0 fully saturated rings. The van der Waals surface area contributed by atoms with Crippen molar-refractivity contribution < 1.29 is 29.4 Å². The fourth-order valence-electron chi connectivity index (χ4n) is 3.81. The Bertz CT molecular complexity index is 560. The zero-order valence-corrected chi connectivity index (χ0v) is 21.3. The summed E-state index contributed by atoms with van der Waals surface area (Å²) in [6, 6.07) is -0.992. The van der Waals surface area contributed by atoms with Gasteiger partial charge >= 0.3 is 12.2 Å². The first-order chi connectivity index (χ1) is 16.1. The summed E-state index contributed by atoms with van der Waals surface area (Å²) in [5.74, 6) is -0.963. The van der Waals surface area contributed by atoms with Crippen molar-refractivity contribution in [1.29, 1.82) is 0 Å². The van der Waals surface area contributed by atoms with Gasteiger partial charge in [-0.1, -0.05) is 79.1 Å². The Morgan fingerprint density at radius 3 is 1.03 bits per heavy atom. The van der Waals surface area contributed by atoms with Crippen LogP contribution in [0.1, 0.15) is 91.9 Å². The predicted octanol–water partition coefficient (Wildman–Crippen LogP) is 3.70. The zero-order chi connectivity index (χ0) is 25.9. The summed E-state index contributed by atoms with van der Waals surface area (Å²) in [6.07, 6.45) is 8.49. The Morgan fingerprint density at radius 1 is 0.529 bits per heavy atom. The average Bonchev–Trinajstić information content (AvgIpc) is 2.71.